The number of anilines is 1. The molecule has 3 rings (SSSR count). The molecule has 1 saturated heterocycles. The van der Waals surface area contributed by atoms with Gasteiger partial charge in [-0.1, -0.05) is 0 Å². The van der Waals surface area contributed by atoms with Crippen LogP contribution < -0.4 is 5.32 Å². The molecule has 1 aromatic heterocycles. The number of urea groups is 1. The van der Waals surface area contributed by atoms with E-state index in [9.17, 15) is 14.0 Å². The van der Waals surface area contributed by atoms with Crippen molar-refractivity contribution in [3.05, 3.63) is 35.0 Å². The number of carbonyl (C=O) groups excluding carboxylic acids is 2. The molecular formula is C19H23FN4O2S. The van der Waals surface area contributed by atoms with Crippen molar-refractivity contribution in [1.29, 1.82) is 0 Å². The Morgan fingerprint density at radius 3 is 2.44 bits per heavy atom. The maximum absolute atomic E-state index is 13.1. The second kappa shape index (κ2) is 8.04. The van der Waals surface area contributed by atoms with Gasteiger partial charge in [-0.25, -0.2) is 14.2 Å². The molecule has 1 aliphatic heterocycles. The minimum Gasteiger partial charge on any atom is -0.331 e. The van der Waals surface area contributed by atoms with Crippen LogP contribution in [-0.4, -0.2) is 53.9 Å². The number of hydrogen-bond acceptors (Lipinski definition) is 4. The van der Waals surface area contributed by atoms with Gasteiger partial charge in [0.15, 0.2) is 5.13 Å². The van der Waals surface area contributed by atoms with Crippen LogP contribution in [0.3, 0.4) is 0 Å². The number of rotatable bonds is 3. The molecule has 0 spiro atoms. The van der Waals surface area contributed by atoms with E-state index in [2.05, 4.69) is 10.3 Å². The first-order valence-electron chi connectivity index (χ1n) is 8.85. The summed E-state index contributed by atoms with van der Waals surface area (Å²) in [6.45, 7) is 3.08. The minimum absolute atomic E-state index is 0.0200. The number of nitrogens with one attached hydrogen (secondary N) is 1. The molecular weight excluding hydrogens is 367 g/mol. The van der Waals surface area contributed by atoms with Gasteiger partial charge >= 0.3 is 6.03 Å². The summed E-state index contributed by atoms with van der Waals surface area (Å²) in [4.78, 5) is 33.3. The van der Waals surface area contributed by atoms with E-state index in [1.54, 1.807) is 36.0 Å². The Morgan fingerprint density at radius 2 is 1.85 bits per heavy atom. The summed E-state index contributed by atoms with van der Waals surface area (Å²) in [7, 11) is 3.45. The van der Waals surface area contributed by atoms with E-state index in [0.29, 0.717) is 31.1 Å². The number of halogens is 1. The Balaban J connectivity index is 1.61. The van der Waals surface area contributed by atoms with Crippen molar-refractivity contribution in [3.8, 4) is 11.3 Å². The van der Waals surface area contributed by atoms with Gasteiger partial charge < -0.3 is 15.1 Å². The SMILES string of the molecule is Cc1sc(NC(=O)C2CCN(C(=O)N(C)C)CC2)nc1-c1ccc(F)cc1. The molecule has 0 radical (unpaired) electrons. The molecule has 0 saturated carbocycles. The Hall–Kier alpha value is -2.48. The molecule has 2 aromatic rings. The normalized spacial score (nSPS) is 14.9. The van der Waals surface area contributed by atoms with E-state index in [1.807, 2.05) is 6.92 Å². The smallest absolute Gasteiger partial charge is 0.319 e. The number of aryl methyl sites for hydroxylation is 1. The van der Waals surface area contributed by atoms with Crippen LogP contribution >= 0.6 is 11.3 Å². The van der Waals surface area contributed by atoms with Crippen LogP contribution in [0.2, 0.25) is 0 Å². The lowest BCUT2D eigenvalue weighted by molar-refractivity contribution is -0.121. The van der Waals surface area contributed by atoms with Crippen LogP contribution in [0.4, 0.5) is 14.3 Å². The first kappa shape index (κ1) is 19.3. The maximum atomic E-state index is 13.1. The number of nitrogens with zero attached hydrogens (tertiary/aromatic N) is 3. The van der Waals surface area contributed by atoms with E-state index >= 15 is 0 Å². The zero-order chi connectivity index (χ0) is 19.6. The Labute approximate surface area is 162 Å². The van der Waals surface area contributed by atoms with Crippen molar-refractivity contribution < 1.29 is 14.0 Å². The third kappa shape index (κ3) is 4.44. The fourth-order valence-corrected chi connectivity index (χ4v) is 3.99. The van der Waals surface area contributed by atoms with Crippen molar-refractivity contribution in [1.82, 2.24) is 14.8 Å². The molecule has 1 aliphatic rings. The molecule has 0 aliphatic carbocycles. The average Bonchev–Trinajstić information content (AvgIpc) is 3.01. The van der Waals surface area contributed by atoms with Gasteiger partial charge in [-0.15, -0.1) is 11.3 Å². The zero-order valence-electron chi connectivity index (χ0n) is 15.7. The summed E-state index contributed by atoms with van der Waals surface area (Å²) in [5, 5.41) is 3.45. The largest absolute Gasteiger partial charge is 0.331 e. The lowest BCUT2D eigenvalue weighted by Gasteiger charge is -2.32. The maximum Gasteiger partial charge on any atom is 0.319 e. The molecule has 1 aromatic carbocycles. The topological polar surface area (TPSA) is 65.5 Å². The lowest BCUT2D eigenvalue weighted by Crippen LogP contribution is -2.45. The fraction of sp³-hybridized carbons (Fsp3) is 0.421. The zero-order valence-corrected chi connectivity index (χ0v) is 16.5. The molecule has 0 atom stereocenters. The molecule has 0 bridgehead atoms. The summed E-state index contributed by atoms with van der Waals surface area (Å²) in [5.41, 5.74) is 1.57. The first-order chi connectivity index (χ1) is 12.8. The highest BCUT2D eigenvalue weighted by molar-refractivity contribution is 7.16. The third-order valence-electron chi connectivity index (χ3n) is 4.66. The summed E-state index contributed by atoms with van der Waals surface area (Å²) in [6.07, 6.45) is 1.28. The predicted octanol–water partition coefficient (Wildman–Crippen LogP) is 3.59. The molecule has 1 N–H and O–H groups in total. The number of hydrogen-bond donors (Lipinski definition) is 1. The van der Waals surface area contributed by atoms with Gasteiger partial charge in [0.1, 0.15) is 5.82 Å². The monoisotopic (exact) mass is 390 g/mol. The minimum atomic E-state index is -0.292. The van der Waals surface area contributed by atoms with Crippen molar-refractivity contribution in [2.45, 2.75) is 19.8 Å². The van der Waals surface area contributed by atoms with Crippen molar-refractivity contribution in [2.75, 3.05) is 32.5 Å². The molecule has 6 nitrogen and oxygen atoms in total. The number of likely N-dealkylation sites (tertiary alicyclic amines) is 1. The number of aromatic nitrogens is 1. The summed E-state index contributed by atoms with van der Waals surface area (Å²) < 4.78 is 13.1. The molecule has 27 heavy (non-hydrogen) atoms. The molecule has 1 fully saturated rings. The standard InChI is InChI=1S/C19H23FN4O2S/c1-12-16(13-4-6-15(20)7-5-13)21-18(27-12)22-17(25)14-8-10-24(11-9-14)19(26)23(2)3/h4-7,14H,8-11H2,1-3H3,(H,21,22,25). The highest BCUT2D eigenvalue weighted by Gasteiger charge is 2.28. The second-order valence-corrected chi connectivity index (χ2v) is 8.06. The van der Waals surface area contributed by atoms with E-state index in [-0.39, 0.29) is 23.7 Å². The van der Waals surface area contributed by atoms with Gasteiger partial charge in [-0.3, -0.25) is 4.79 Å². The number of benzene rings is 1. The highest BCUT2D eigenvalue weighted by Crippen LogP contribution is 2.31. The molecule has 2 heterocycles. The molecule has 3 amide bonds. The van der Waals surface area contributed by atoms with Gasteiger partial charge in [0.25, 0.3) is 0 Å². The van der Waals surface area contributed by atoms with E-state index in [0.717, 1.165) is 16.1 Å². The van der Waals surface area contributed by atoms with Crippen LogP contribution in [0.1, 0.15) is 17.7 Å². The van der Waals surface area contributed by atoms with Crippen LogP contribution in [0.5, 0.6) is 0 Å². The van der Waals surface area contributed by atoms with E-state index < -0.39 is 0 Å². The number of piperidine rings is 1. The van der Waals surface area contributed by atoms with E-state index in [1.165, 1.54) is 23.5 Å². The average molecular weight is 390 g/mol. The van der Waals surface area contributed by atoms with Crippen molar-refractivity contribution in [2.24, 2.45) is 5.92 Å². The first-order valence-corrected chi connectivity index (χ1v) is 9.67. The molecule has 0 unspecified atom stereocenters. The number of thiazole rings is 1. The Kier molecular flexibility index (Phi) is 5.74. The Bertz CT molecular complexity index is 827. The van der Waals surface area contributed by atoms with Gasteiger partial charge in [0.2, 0.25) is 5.91 Å². The summed E-state index contributed by atoms with van der Waals surface area (Å²) in [6, 6.07) is 6.14. The number of carbonyl (C=O) groups is 2. The predicted molar refractivity (Wildman–Crippen MR) is 104 cm³/mol. The van der Waals surface area contributed by atoms with Crippen LogP contribution in [0, 0.1) is 18.7 Å². The quantitative estimate of drug-likeness (QED) is 0.871. The Morgan fingerprint density at radius 1 is 1.22 bits per heavy atom. The van der Waals surface area contributed by atoms with Crippen LogP contribution in [0.15, 0.2) is 24.3 Å². The van der Waals surface area contributed by atoms with Crippen LogP contribution in [-0.2, 0) is 4.79 Å². The van der Waals surface area contributed by atoms with Gasteiger partial charge in [0.05, 0.1) is 5.69 Å². The van der Waals surface area contributed by atoms with Gasteiger partial charge in [-0.2, -0.15) is 0 Å². The third-order valence-corrected chi connectivity index (χ3v) is 5.55. The fourth-order valence-electron chi connectivity index (χ4n) is 3.15. The van der Waals surface area contributed by atoms with E-state index in [4.69, 9.17) is 0 Å². The van der Waals surface area contributed by atoms with Gasteiger partial charge in [0, 0.05) is 43.5 Å². The van der Waals surface area contributed by atoms with Crippen molar-refractivity contribution in [3.63, 3.8) is 0 Å². The summed E-state index contributed by atoms with van der Waals surface area (Å²) in [5.74, 6) is -0.486. The summed E-state index contributed by atoms with van der Waals surface area (Å²) >= 11 is 1.41. The van der Waals surface area contributed by atoms with Crippen molar-refractivity contribution >= 4 is 28.4 Å². The molecule has 8 heteroatoms. The molecule has 144 valence electrons. The second-order valence-electron chi connectivity index (χ2n) is 6.86. The highest BCUT2D eigenvalue weighted by atomic mass is 32.1. The van der Waals surface area contributed by atoms with Gasteiger partial charge in [-0.05, 0) is 44.0 Å². The number of amides is 3. The lowest BCUT2D eigenvalue weighted by atomic mass is 9.96. The van der Waals surface area contributed by atoms with Crippen LogP contribution in [0.25, 0.3) is 11.3 Å².